The van der Waals surface area contributed by atoms with Crippen LogP contribution in [0.15, 0.2) is 23.0 Å². The van der Waals surface area contributed by atoms with Gasteiger partial charge in [0.2, 0.25) is 0 Å². The van der Waals surface area contributed by atoms with Crippen LogP contribution >= 0.6 is 0 Å². The number of H-pyrrole nitrogens is 1. The minimum absolute atomic E-state index is 0.371. The number of carbonyl (C=O) groups is 1. The highest BCUT2D eigenvalue weighted by molar-refractivity contribution is 5.80. The monoisotopic (exact) mass is 234 g/mol. The Hall–Kier alpha value is -2.04. The third-order valence-electron chi connectivity index (χ3n) is 2.86. The number of carboxylic acids is 1. The van der Waals surface area contributed by atoms with Gasteiger partial charge in [0.1, 0.15) is 6.04 Å². The number of fused-ring (bicyclic) bond motifs is 1. The molecule has 1 heterocycles. The van der Waals surface area contributed by atoms with Gasteiger partial charge < -0.3 is 10.1 Å². The molecule has 1 atom stereocenters. The van der Waals surface area contributed by atoms with Crippen LogP contribution in [0, 0.1) is 6.92 Å². The number of nitrogens with one attached hydrogen (secondary N) is 1. The molecule has 1 aromatic carbocycles. The summed E-state index contributed by atoms with van der Waals surface area (Å²) in [5.74, 6) is -0.989. The fraction of sp³-hybridized carbons (Fsp3) is 0.333. The van der Waals surface area contributed by atoms with Crippen molar-refractivity contribution >= 4 is 17.0 Å². The molecule has 0 saturated carbocycles. The molecule has 5 heteroatoms. The zero-order chi connectivity index (χ0) is 12.6. The summed E-state index contributed by atoms with van der Waals surface area (Å²) in [5, 5.41) is 9.12. The number of aromatic amines is 1. The first-order valence-corrected chi connectivity index (χ1v) is 5.48. The molecule has 0 bridgehead atoms. The summed E-state index contributed by atoms with van der Waals surface area (Å²) in [7, 11) is 0. The van der Waals surface area contributed by atoms with E-state index in [1.54, 1.807) is 13.0 Å². The van der Waals surface area contributed by atoms with Gasteiger partial charge in [-0.25, -0.2) is 9.59 Å². The van der Waals surface area contributed by atoms with Crippen LogP contribution in [0.5, 0.6) is 0 Å². The number of imidazole rings is 1. The highest BCUT2D eigenvalue weighted by Crippen LogP contribution is 2.18. The van der Waals surface area contributed by atoms with Crippen molar-refractivity contribution in [3.05, 3.63) is 34.2 Å². The molecule has 0 aliphatic rings. The second kappa shape index (κ2) is 4.08. The maximum absolute atomic E-state index is 11.8. The van der Waals surface area contributed by atoms with E-state index >= 15 is 0 Å². The Morgan fingerprint density at radius 1 is 1.53 bits per heavy atom. The second-order valence-corrected chi connectivity index (χ2v) is 4.08. The zero-order valence-corrected chi connectivity index (χ0v) is 9.73. The number of hydrogen-bond donors (Lipinski definition) is 2. The van der Waals surface area contributed by atoms with Crippen LogP contribution in [0.4, 0.5) is 0 Å². The number of nitrogens with zero attached hydrogens (tertiary/aromatic N) is 1. The number of hydrogen-bond acceptors (Lipinski definition) is 2. The number of benzene rings is 1. The maximum atomic E-state index is 11.8. The first-order valence-electron chi connectivity index (χ1n) is 5.48. The van der Waals surface area contributed by atoms with Crippen molar-refractivity contribution < 1.29 is 9.90 Å². The molecular formula is C12H14N2O3. The topological polar surface area (TPSA) is 75.1 Å². The Balaban J connectivity index is 2.75. The van der Waals surface area contributed by atoms with Gasteiger partial charge in [-0.15, -0.1) is 0 Å². The van der Waals surface area contributed by atoms with Gasteiger partial charge in [0.15, 0.2) is 0 Å². The van der Waals surface area contributed by atoms with E-state index in [-0.39, 0.29) is 5.69 Å². The van der Waals surface area contributed by atoms with Crippen molar-refractivity contribution in [3.63, 3.8) is 0 Å². The van der Waals surface area contributed by atoms with E-state index in [4.69, 9.17) is 5.11 Å². The van der Waals surface area contributed by atoms with E-state index in [0.29, 0.717) is 17.5 Å². The third-order valence-corrected chi connectivity index (χ3v) is 2.86. The lowest BCUT2D eigenvalue weighted by molar-refractivity contribution is -0.140. The van der Waals surface area contributed by atoms with Crippen LogP contribution in [0.2, 0.25) is 0 Å². The van der Waals surface area contributed by atoms with Crippen LogP contribution in [0.1, 0.15) is 24.9 Å². The fourth-order valence-electron chi connectivity index (χ4n) is 2.01. The largest absolute Gasteiger partial charge is 0.480 e. The molecule has 0 fully saturated rings. The van der Waals surface area contributed by atoms with Crippen molar-refractivity contribution in [1.29, 1.82) is 0 Å². The molecule has 2 N–H and O–H groups in total. The Kier molecular flexibility index (Phi) is 2.75. The highest BCUT2D eigenvalue weighted by atomic mass is 16.4. The predicted octanol–water partition coefficient (Wildman–Crippen LogP) is 1.67. The second-order valence-electron chi connectivity index (χ2n) is 4.08. The number of aryl methyl sites for hydroxylation is 1. The third kappa shape index (κ3) is 1.84. The summed E-state index contributed by atoms with van der Waals surface area (Å²) in [5.41, 5.74) is 1.93. The van der Waals surface area contributed by atoms with Crippen molar-refractivity contribution in [2.24, 2.45) is 0 Å². The number of carboxylic acid groups (broad SMARTS) is 1. The molecule has 0 spiro atoms. The summed E-state index contributed by atoms with van der Waals surface area (Å²) in [6.07, 6.45) is 0.371. The maximum Gasteiger partial charge on any atom is 0.327 e. The fourth-order valence-corrected chi connectivity index (χ4v) is 2.01. The van der Waals surface area contributed by atoms with E-state index in [0.717, 1.165) is 5.56 Å². The van der Waals surface area contributed by atoms with Crippen LogP contribution in [-0.4, -0.2) is 20.6 Å². The first-order chi connectivity index (χ1) is 8.04. The molecule has 0 radical (unpaired) electrons. The number of rotatable bonds is 3. The van der Waals surface area contributed by atoms with Gasteiger partial charge in [0, 0.05) is 0 Å². The average molecular weight is 234 g/mol. The van der Waals surface area contributed by atoms with Crippen molar-refractivity contribution in [2.45, 2.75) is 26.3 Å². The Morgan fingerprint density at radius 2 is 2.24 bits per heavy atom. The van der Waals surface area contributed by atoms with Crippen LogP contribution in [0.25, 0.3) is 11.0 Å². The molecule has 0 amide bonds. The Bertz CT molecular complexity index is 624. The van der Waals surface area contributed by atoms with Gasteiger partial charge in [0.05, 0.1) is 11.0 Å². The standard InChI is InChI=1S/C12H14N2O3/c1-3-9(11(15)16)14-10-6-7(2)4-5-8(10)13-12(14)17/h4-6,9H,3H2,1-2H3,(H,13,17)(H,15,16). The number of aliphatic carboxylic acids is 1. The normalized spacial score (nSPS) is 12.8. The van der Waals surface area contributed by atoms with Crippen molar-refractivity contribution in [2.75, 3.05) is 0 Å². The first kappa shape index (κ1) is 11.4. The smallest absolute Gasteiger partial charge is 0.327 e. The molecule has 0 aliphatic heterocycles. The van der Waals surface area contributed by atoms with Gasteiger partial charge in [-0.1, -0.05) is 13.0 Å². The van der Waals surface area contributed by atoms with Gasteiger partial charge in [-0.05, 0) is 31.0 Å². The van der Waals surface area contributed by atoms with Gasteiger partial charge in [0.25, 0.3) is 0 Å². The molecule has 1 aromatic heterocycles. The molecule has 5 nitrogen and oxygen atoms in total. The summed E-state index contributed by atoms with van der Waals surface area (Å²) >= 11 is 0. The predicted molar refractivity (Wildman–Crippen MR) is 64.3 cm³/mol. The van der Waals surface area contributed by atoms with E-state index < -0.39 is 12.0 Å². The van der Waals surface area contributed by atoms with Crippen molar-refractivity contribution in [1.82, 2.24) is 9.55 Å². The van der Waals surface area contributed by atoms with Gasteiger partial charge >= 0.3 is 11.7 Å². The summed E-state index contributed by atoms with van der Waals surface area (Å²) in [4.78, 5) is 25.6. The molecule has 2 aromatic rings. The lowest BCUT2D eigenvalue weighted by atomic mass is 10.2. The molecule has 0 aliphatic carbocycles. The van der Waals surface area contributed by atoms with Crippen molar-refractivity contribution in [3.8, 4) is 0 Å². The van der Waals surface area contributed by atoms with Crippen LogP contribution in [-0.2, 0) is 4.79 Å². The minimum atomic E-state index is -0.989. The molecular weight excluding hydrogens is 220 g/mol. The average Bonchev–Trinajstić information content (AvgIpc) is 2.56. The molecule has 2 rings (SSSR count). The van der Waals surface area contributed by atoms with E-state index in [9.17, 15) is 9.59 Å². The Labute approximate surface area is 97.7 Å². The van der Waals surface area contributed by atoms with E-state index in [1.807, 2.05) is 19.1 Å². The molecule has 17 heavy (non-hydrogen) atoms. The molecule has 1 unspecified atom stereocenters. The quantitative estimate of drug-likeness (QED) is 0.848. The van der Waals surface area contributed by atoms with E-state index in [1.165, 1.54) is 4.57 Å². The van der Waals surface area contributed by atoms with Crippen LogP contribution in [0.3, 0.4) is 0 Å². The lowest BCUT2D eigenvalue weighted by Gasteiger charge is -2.11. The minimum Gasteiger partial charge on any atom is -0.480 e. The van der Waals surface area contributed by atoms with E-state index in [2.05, 4.69) is 4.98 Å². The number of aromatic nitrogens is 2. The summed E-state index contributed by atoms with van der Waals surface area (Å²) < 4.78 is 1.31. The Morgan fingerprint density at radius 3 is 2.82 bits per heavy atom. The van der Waals surface area contributed by atoms with Crippen LogP contribution < -0.4 is 5.69 Å². The SMILES string of the molecule is CCC(C(=O)O)n1c(=O)[nH]c2ccc(C)cc21. The highest BCUT2D eigenvalue weighted by Gasteiger charge is 2.21. The summed E-state index contributed by atoms with van der Waals surface area (Å²) in [6, 6.07) is 4.67. The summed E-state index contributed by atoms with van der Waals surface area (Å²) in [6.45, 7) is 3.66. The van der Waals surface area contributed by atoms with Gasteiger partial charge in [-0.3, -0.25) is 4.57 Å². The lowest BCUT2D eigenvalue weighted by Crippen LogP contribution is -2.27. The van der Waals surface area contributed by atoms with Gasteiger partial charge in [-0.2, -0.15) is 0 Å². The molecule has 90 valence electrons. The zero-order valence-electron chi connectivity index (χ0n) is 9.73. The molecule has 0 saturated heterocycles.